The molecule has 1 fully saturated rings. The lowest BCUT2D eigenvalue weighted by atomic mass is 10.1. The number of urea groups is 1. The van der Waals surface area contributed by atoms with Gasteiger partial charge in [-0.1, -0.05) is 13.8 Å². The zero-order chi connectivity index (χ0) is 23.5. The average molecular weight is 472 g/mol. The number of piperazine rings is 1. The number of thioether (sulfide) groups is 1. The molecule has 33 heavy (non-hydrogen) atoms. The molecule has 3 aliphatic rings. The summed E-state index contributed by atoms with van der Waals surface area (Å²) in [6.45, 7) is 7.09. The van der Waals surface area contributed by atoms with Crippen LogP contribution in [0.2, 0.25) is 0 Å². The first kappa shape index (κ1) is 23.4. The first-order chi connectivity index (χ1) is 15.9. The topological polar surface area (TPSA) is 73.2 Å². The Morgan fingerprint density at radius 3 is 2.48 bits per heavy atom. The van der Waals surface area contributed by atoms with E-state index in [1.165, 1.54) is 21.2 Å². The monoisotopic (exact) mass is 471 g/mol. The molecule has 1 unspecified atom stereocenters. The van der Waals surface area contributed by atoms with Gasteiger partial charge in [0.1, 0.15) is 11.5 Å². The van der Waals surface area contributed by atoms with E-state index in [1.54, 1.807) is 13.2 Å². The second-order valence-electron chi connectivity index (χ2n) is 8.85. The van der Waals surface area contributed by atoms with E-state index in [4.69, 9.17) is 4.74 Å². The lowest BCUT2D eigenvalue weighted by Gasteiger charge is -2.36. The lowest BCUT2D eigenvalue weighted by Crippen LogP contribution is -2.58. The highest BCUT2D eigenvalue weighted by Gasteiger charge is 2.49. The van der Waals surface area contributed by atoms with Gasteiger partial charge in [-0.3, -0.25) is 4.79 Å². The minimum atomic E-state index is -0.436. The van der Waals surface area contributed by atoms with E-state index in [2.05, 4.69) is 18.7 Å². The Morgan fingerprint density at radius 1 is 1.15 bits per heavy atom. The highest BCUT2D eigenvalue weighted by molar-refractivity contribution is 8.04. The SMILES string of the molecule is COc1ccc(N2CCN(C(=O)C[N+]3=C4C=CSC4C(=O)N(CCC(C)C)C3=O)CC2)cc1. The summed E-state index contributed by atoms with van der Waals surface area (Å²) in [5.41, 5.74) is 1.72. The number of carbonyl (C=O) groups is 3. The molecule has 1 aromatic rings. The van der Waals surface area contributed by atoms with E-state index in [0.717, 1.165) is 30.9 Å². The van der Waals surface area contributed by atoms with Gasteiger partial charge in [0.15, 0.2) is 11.8 Å². The van der Waals surface area contributed by atoms with Crippen molar-refractivity contribution in [3.05, 3.63) is 35.7 Å². The third-order valence-electron chi connectivity index (χ3n) is 6.28. The molecule has 4 amide bonds. The van der Waals surface area contributed by atoms with Crippen molar-refractivity contribution in [3.8, 4) is 5.75 Å². The molecule has 3 aliphatic heterocycles. The van der Waals surface area contributed by atoms with Crippen molar-refractivity contribution in [3.63, 3.8) is 0 Å². The van der Waals surface area contributed by atoms with E-state index in [0.29, 0.717) is 31.3 Å². The maximum Gasteiger partial charge on any atom is 0.501 e. The number of rotatable bonds is 7. The fourth-order valence-corrected chi connectivity index (χ4v) is 5.21. The minimum Gasteiger partial charge on any atom is -0.497 e. The molecular weight excluding hydrogens is 440 g/mol. The molecular formula is C24H31N4O4S+. The van der Waals surface area contributed by atoms with Crippen molar-refractivity contribution >= 4 is 41.0 Å². The van der Waals surface area contributed by atoms with Crippen LogP contribution in [-0.2, 0) is 9.59 Å². The number of nitrogens with zero attached hydrogens (tertiary/aromatic N) is 4. The maximum absolute atomic E-state index is 13.2. The van der Waals surface area contributed by atoms with E-state index in [9.17, 15) is 14.4 Å². The summed E-state index contributed by atoms with van der Waals surface area (Å²) in [5.74, 6) is 0.923. The van der Waals surface area contributed by atoms with Crippen LogP contribution in [0.5, 0.6) is 5.75 Å². The van der Waals surface area contributed by atoms with Gasteiger partial charge < -0.3 is 14.5 Å². The van der Waals surface area contributed by atoms with Gasteiger partial charge in [-0.15, -0.1) is 11.8 Å². The quantitative estimate of drug-likeness (QED) is 0.569. The maximum atomic E-state index is 13.2. The molecule has 1 saturated heterocycles. The third kappa shape index (κ3) is 4.93. The molecule has 1 aromatic carbocycles. The van der Waals surface area contributed by atoms with Crippen LogP contribution < -0.4 is 9.64 Å². The molecule has 176 valence electrons. The van der Waals surface area contributed by atoms with Crippen LogP contribution in [0.15, 0.2) is 35.7 Å². The number of anilines is 1. The Balaban J connectivity index is 1.41. The molecule has 1 atom stereocenters. The number of ether oxygens (including phenoxy) is 1. The fourth-order valence-electron chi connectivity index (χ4n) is 4.25. The van der Waals surface area contributed by atoms with Crippen LogP contribution in [0, 0.1) is 5.92 Å². The van der Waals surface area contributed by atoms with Crippen LogP contribution in [-0.4, -0.2) is 89.6 Å². The Bertz CT molecular complexity index is 981. The number of carbonyl (C=O) groups excluding carboxylic acids is 3. The largest absolute Gasteiger partial charge is 0.501 e. The molecule has 4 rings (SSSR count). The molecule has 0 N–H and O–H groups in total. The fraction of sp³-hybridized carbons (Fsp3) is 0.500. The van der Waals surface area contributed by atoms with Gasteiger partial charge in [-0.2, -0.15) is 14.3 Å². The molecule has 0 spiro atoms. The molecule has 0 radical (unpaired) electrons. The van der Waals surface area contributed by atoms with Gasteiger partial charge in [0.05, 0.1) is 13.7 Å². The predicted molar refractivity (Wildman–Crippen MR) is 129 cm³/mol. The Labute approximate surface area is 198 Å². The average Bonchev–Trinajstić information content (AvgIpc) is 3.32. The number of methoxy groups -OCH3 is 1. The number of allylic oxidation sites excluding steroid dienone is 1. The second kappa shape index (κ2) is 9.99. The van der Waals surface area contributed by atoms with Crippen molar-refractivity contribution in [2.45, 2.75) is 25.5 Å². The summed E-state index contributed by atoms with van der Waals surface area (Å²) >= 11 is 1.40. The zero-order valence-corrected chi connectivity index (χ0v) is 20.2. The molecule has 0 bridgehead atoms. The standard InChI is InChI=1S/C24H31N4O4S/c1-17(2)8-10-27-23(30)22-20(9-15-33-22)28(24(27)31)16-21(29)26-13-11-25(12-14-26)18-4-6-19(32-3)7-5-18/h4-7,9,15,17,22H,8,10-14,16H2,1-3H3/q+1. The van der Waals surface area contributed by atoms with Crippen LogP contribution in [0.25, 0.3) is 0 Å². The third-order valence-corrected chi connectivity index (χ3v) is 7.29. The van der Waals surface area contributed by atoms with Crippen molar-refractivity contribution in [1.29, 1.82) is 0 Å². The van der Waals surface area contributed by atoms with Crippen LogP contribution in [0.3, 0.4) is 0 Å². The second-order valence-corrected chi connectivity index (χ2v) is 9.87. The van der Waals surface area contributed by atoms with Crippen LogP contribution in [0.1, 0.15) is 20.3 Å². The Hall–Kier alpha value is -2.81. The number of imide groups is 1. The summed E-state index contributed by atoms with van der Waals surface area (Å²) in [7, 11) is 1.65. The van der Waals surface area contributed by atoms with Gasteiger partial charge in [0.25, 0.3) is 5.91 Å². The van der Waals surface area contributed by atoms with Gasteiger partial charge in [0, 0.05) is 31.9 Å². The molecule has 0 saturated carbocycles. The van der Waals surface area contributed by atoms with E-state index >= 15 is 0 Å². The van der Waals surface area contributed by atoms with Gasteiger partial charge in [0.2, 0.25) is 0 Å². The van der Waals surface area contributed by atoms with E-state index in [1.807, 2.05) is 34.6 Å². The van der Waals surface area contributed by atoms with Gasteiger partial charge in [-0.25, -0.2) is 4.79 Å². The number of hydrogen-bond acceptors (Lipinski definition) is 6. The molecule has 9 heteroatoms. The van der Waals surface area contributed by atoms with Crippen molar-refractivity contribution in [1.82, 2.24) is 9.80 Å². The van der Waals surface area contributed by atoms with Crippen LogP contribution >= 0.6 is 11.8 Å². The van der Waals surface area contributed by atoms with E-state index < -0.39 is 5.25 Å². The first-order valence-corrected chi connectivity index (χ1v) is 12.3. The van der Waals surface area contributed by atoms with Gasteiger partial charge >= 0.3 is 11.9 Å². The molecule has 0 aliphatic carbocycles. The van der Waals surface area contributed by atoms with Crippen molar-refractivity contribution < 1.29 is 23.7 Å². The predicted octanol–water partition coefficient (Wildman–Crippen LogP) is 2.43. The summed E-state index contributed by atoms with van der Waals surface area (Å²) in [4.78, 5) is 44.5. The number of benzene rings is 1. The number of amides is 4. The highest BCUT2D eigenvalue weighted by atomic mass is 32.2. The summed E-state index contributed by atoms with van der Waals surface area (Å²) in [6.07, 6.45) is 2.53. The normalized spacial score (nSPS) is 20.7. The smallest absolute Gasteiger partial charge is 0.497 e. The number of fused-ring (bicyclic) bond motifs is 1. The lowest BCUT2D eigenvalue weighted by molar-refractivity contribution is -0.428. The summed E-state index contributed by atoms with van der Waals surface area (Å²) in [6, 6.07) is 7.52. The Kier molecular flexibility index (Phi) is 7.07. The highest BCUT2D eigenvalue weighted by Crippen LogP contribution is 2.28. The zero-order valence-electron chi connectivity index (χ0n) is 19.4. The molecule has 8 nitrogen and oxygen atoms in total. The number of hydrogen-bond donors (Lipinski definition) is 0. The molecule has 3 heterocycles. The van der Waals surface area contributed by atoms with E-state index in [-0.39, 0.29) is 24.4 Å². The van der Waals surface area contributed by atoms with Gasteiger partial charge in [-0.05, 0) is 48.1 Å². The minimum absolute atomic E-state index is 0.0381. The van der Waals surface area contributed by atoms with Crippen LogP contribution in [0.4, 0.5) is 10.5 Å². The van der Waals surface area contributed by atoms with Crippen molar-refractivity contribution in [2.75, 3.05) is 51.3 Å². The summed E-state index contributed by atoms with van der Waals surface area (Å²) < 4.78 is 6.72. The summed E-state index contributed by atoms with van der Waals surface area (Å²) in [5, 5.41) is 1.40. The first-order valence-electron chi connectivity index (χ1n) is 11.4. The molecule has 0 aromatic heterocycles. The Morgan fingerprint density at radius 2 is 1.85 bits per heavy atom. The van der Waals surface area contributed by atoms with Crippen molar-refractivity contribution in [2.24, 2.45) is 5.92 Å².